The molecule has 1 aromatic rings. The quantitative estimate of drug-likeness (QED) is 0.794. The minimum absolute atomic E-state index is 0.00128. The average Bonchev–Trinajstić information content (AvgIpc) is 2.22. The van der Waals surface area contributed by atoms with Gasteiger partial charge in [-0.05, 0) is 24.6 Å². The number of anilines is 2. The van der Waals surface area contributed by atoms with Crippen LogP contribution < -0.4 is 11.1 Å². The molecule has 0 spiro atoms. The SMILES string of the molecule is CCC[C@H](C)C(=O)Nc1ccc(N)cc1Cl. The molecule has 4 heteroatoms. The van der Waals surface area contributed by atoms with Gasteiger partial charge >= 0.3 is 0 Å². The molecule has 0 fully saturated rings. The van der Waals surface area contributed by atoms with Gasteiger partial charge in [0.2, 0.25) is 5.91 Å². The molecule has 0 heterocycles. The van der Waals surface area contributed by atoms with Crippen LogP contribution in [0.3, 0.4) is 0 Å². The maximum atomic E-state index is 11.7. The van der Waals surface area contributed by atoms with Crippen LogP contribution in [0.25, 0.3) is 0 Å². The van der Waals surface area contributed by atoms with Crippen molar-refractivity contribution >= 4 is 28.9 Å². The Balaban J connectivity index is 2.69. The summed E-state index contributed by atoms with van der Waals surface area (Å²) in [6.07, 6.45) is 1.86. The zero-order valence-electron chi connectivity index (χ0n) is 9.59. The summed E-state index contributed by atoms with van der Waals surface area (Å²) >= 11 is 5.96. The van der Waals surface area contributed by atoms with E-state index in [1.165, 1.54) is 0 Å². The van der Waals surface area contributed by atoms with Crippen LogP contribution in [0.2, 0.25) is 5.02 Å². The summed E-state index contributed by atoms with van der Waals surface area (Å²) in [5, 5.41) is 3.27. The number of halogens is 1. The smallest absolute Gasteiger partial charge is 0.227 e. The van der Waals surface area contributed by atoms with Crippen molar-refractivity contribution < 1.29 is 4.79 Å². The second-order valence-electron chi connectivity index (χ2n) is 3.92. The Morgan fingerprint density at radius 3 is 2.81 bits per heavy atom. The second-order valence-corrected chi connectivity index (χ2v) is 4.33. The fourth-order valence-corrected chi connectivity index (χ4v) is 1.69. The van der Waals surface area contributed by atoms with E-state index in [-0.39, 0.29) is 11.8 Å². The van der Waals surface area contributed by atoms with Crippen LogP contribution in [-0.4, -0.2) is 5.91 Å². The van der Waals surface area contributed by atoms with Crippen LogP contribution in [-0.2, 0) is 4.79 Å². The molecular weight excluding hydrogens is 224 g/mol. The van der Waals surface area contributed by atoms with Gasteiger partial charge in [-0.3, -0.25) is 4.79 Å². The lowest BCUT2D eigenvalue weighted by Crippen LogP contribution is -2.20. The minimum atomic E-state index is -0.00600. The van der Waals surface area contributed by atoms with Crippen molar-refractivity contribution in [2.75, 3.05) is 11.1 Å². The summed E-state index contributed by atoms with van der Waals surface area (Å²) < 4.78 is 0. The van der Waals surface area contributed by atoms with Gasteiger partial charge in [0, 0.05) is 11.6 Å². The molecular formula is C12H17ClN2O. The lowest BCUT2D eigenvalue weighted by molar-refractivity contribution is -0.119. The molecule has 0 radical (unpaired) electrons. The van der Waals surface area contributed by atoms with Crippen molar-refractivity contribution in [3.8, 4) is 0 Å². The van der Waals surface area contributed by atoms with Crippen LogP contribution in [0, 0.1) is 5.92 Å². The highest BCUT2D eigenvalue weighted by Gasteiger charge is 2.13. The number of nitrogen functional groups attached to an aromatic ring is 1. The molecule has 0 aromatic heterocycles. The van der Waals surface area contributed by atoms with Gasteiger partial charge in [-0.1, -0.05) is 31.9 Å². The first-order chi connectivity index (χ1) is 7.54. The fraction of sp³-hybridized carbons (Fsp3) is 0.417. The highest BCUT2D eigenvalue weighted by molar-refractivity contribution is 6.34. The summed E-state index contributed by atoms with van der Waals surface area (Å²) in [4.78, 5) is 11.7. The molecule has 0 aliphatic heterocycles. The van der Waals surface area contributed by atoms with E-state index >= 15 is 0 Å². The van der Waals surface area contributed by atoms with E-state index in [9.17, 15) is 4.79 Å². The predicted octanol–water partition coefficient (Wildman–Crippen LogP) is 3.30. The topological polar surface area (TPSA) is 55.1 Å². The number of rotatable bonds is 4. The Bertz CT molecular complexity index is 379. The first kappa shape index (κ1) is 12.8. The van der Waals surface area contributed by atoms with Crippen LogP contribution in [0.5, 0.6) is 0 Å². The van der Waals surface area contributed by atoms with Gasteiger partial charge in [-0.25, -0.2) is 0 Å². The van der Waals surface area contributed by atoms with Crippen LogP contribution in [0.4, 0.5) is 11.4 Å². The Kier molecular flexibility index (Phi) is 4.62. The molecule has 3 nitrogen and oxygen atoms in total. The third-order valence-electron chi connectivity index (χ3n) is 2.42. The normalized spacial score (nSPS) is 12.2. The zero-order chi connectivity index (χ0) is 12.1. The van der Waals surface area contributed by atoms with Crippen molar-refractivity contribution in [1.82, 2.24) is 0 Å². The van der Waals surface area contributed by atoms with Gasteiger partial charge in [0.15, 0.2) is 0 Å². The van der Waals surface area contributed by atoms with Gasteiger partial charge in [-0.15, -0.1) is 0 Å². The van der Waals surface area contributed by atoms with Crippen molar-refractivity contribution in [2.45, 2.75) is 26.7 Å². The number of nitrogens with two attached hydrogens (primary N) is 1. The van der Waals surface area contributed by atoms with Gasteiger partial charge in [0.25, 0.3) is 0 Å². The van der Waals surface area contributed by atoms with Gasteiger partial charge in [0.05, 0.1) is 10.7 Å². The monoisotopic (exact) mass is 240 g/mol. The molecule has 1 rings (SSSR count). The second kappa shape index (κ2) is 5.75. The molecule has 0 unspecified atom stereocenters. The third-order valence-corrected chi connectivity index (χ3v) is 2.73. The predicted molar refractivity (Wildman–Crippen MR) is 68.6 cm³/mol. The van der Waals surface area contributed by atoms with E-state index in [0.29, 0.717) is 16.4 Å². The number of carbonyl (C=O) groups is 1. The maximum absolute atomic E-state index is 11.7. The Morgan fingerprint density at radius 1 is 1.56 bits per heavy atom. The molecule has 0 bridgehead atoms. The van der Waals surface area contributed by atoms with Crippen LogP contribution in [0.1, 0.15) is 26.7 Å². The van der Waals surface area contributed by atoms with Gasteiger partial charge in [0.1, 0.15) is 0 Å². The number of hydrogen-bond donors (Lipinski definition) is 2. The van der Waals surface area contributed by atoms with E-state index in [2.05, 4.69) is 12.2 Å². The Morgan fingerprint density at radius 2 is 2.25 bits per heavy atom. The molecule has 0 saturated carbocycles. The standard InChI is InChI=1S/C12H17ClN2O/c1-3-4-8(2)12(16)15-11-6-5-9(14)7-10(11)13/h5-8H,3-4,14H2,1-2H3,(H,15,16)/t8-/m0/s1. The highest BCUT2D eigenvalue weighted by atomic mass is 35.5. The van der Waals surface area contributed by atoms with Crippen molar-refractivity contribution in [3.05, 3.63) is 23.2 Å². The van der Waals surface area contributed by atoms with Gasteiger partial charge in [-0.2, -0.15) is 0 Å². The number of nitrogens with one attached hydrogen (secondary N) is 1. The minimum Gasteiger partial charge on any atom is -0.399 e. The molecule has 0 aliphatic carbocycles. The van der Waals surface area contributed by atoms with Gasteiger partial charge < -0.3 is 11.1 Å². The molecule has 1 amide bonds. The molecule has 1 atom stereocenters. The number of hydrogen-bond acceptors (Lipinski definition) is 2. The molecule has 3 N–H and O–H groups in total. The molecule has 0 saturated heterocycles. The first-order valence-corrected chi connectivity index (χ1v) is 5.78. The molecule has 16 heavy (non-hydrogen) atoms. The summed E-state index contributed by atoms with van der Waals surface area (Å²) in [5.41, 5.74) is 6.77. The summed E-state index contributed by atoms with van der Waals surface area (Å²) in [6.45, 7) is 3.96. The highest BCUT2D eigenvalue weighted by Crippen LogP contribution is 2.24. The summed E-state index contributed by atoms with van der Waals surface area (Å²) in [7, 11) is 0. The Labute approximate surface area is 101 Å². The lowest BCUT2D eigenvalue weighted by atomic mass is 10.1. The third kappa shape index (κ3) is 3.42. The zero-order valence-corrected chi connectivity index (χ0v) is 10.3. The van der Waals surface area contributed by atoms with Crippen LogP contribution in [0.15, 0.2) is 18.2 Å². The van der Waals surface area contributed by atoms with Crippen LogP contribution >= 0.6 is 11.6 Å². The number of amides is 1. The van der Waals surface area contributed by atoms with E-state index in [1.54, 1.807) is 18.2 Å². The van der Waals surface area contributed by atoms with E-state index in [0.717, 1.165) is 12.8 Å². The van der Waals surface area contributed by atoms with Crippen molar-refractivity contribution in [3.63, 3.8) is 0 Å². The summed E-state index contributed by atoms with van der Waals surface area (Å²) in [5.74, 6) is -0.00728. The van der Waals surface area contributed by atoms with E-state index < -0.39 is 0 Å². The summed E-state index contributed by atoms with van der Waals surface area (Å²) in [6, 6.07) is 5.06. The van der Waals surface area contributed by atoms with Crippen molar-refractivity contribution in [2.24, 2.45) is 5.92 Å². The molecule has 1 aromatic carbocycles. The maximum Gasteiger partial charge on any atom is 0.227 e. The average molecular weight is 241 g/mol. The van der Waals surface area contributed by atoms with E-state index in [1.807, 2.05) is 6.92 Å². The number of benzene rings is 1. The largest absolute Gasteiger partial charge is 0.399 e. The Hall–Kier alpha value is -1.22. The lowest BCUT2D eigenvalue weighted by Gasteiger charge is -2.12. The fourth-order valence-electron chi connectivity index (χ4n) is 1.45. The molecule has 88 valence electrons. The van der Waals surface area contributed by atoms with Crippen molar-refractivity contribution in [1.29, 1.82) is 0 Å². The first-order valence-electron chi connectivity index (χ1n) is 5.40. The van der Waals surface area contributed by atoms with E-state index in [4.69, 9.17) is 17.3 Å². The molecule has 0 aliphatic rings. The number of carbonyl (C=O) groups excluding carboxylic acids is 1.